The van der Waals surface area contributed by atoms with Crippen LogP contribution < -0.4 is 0 Å². The lowest BCUT2D eigenvalue weighted by molar-refractivity contribution is -0.147. The van der Waals surface area contributed by atoms with Crippen molar-refractivity contribution in [3.05, 3.63) is 0 Å². The lowest BCUT2D eigenvalue weighted by atomic mass is 9.99. The Morgan fingerprint density at radius 2 is 2.19 bits per heavy atom. The first-order valence-corrected chi connectivity index (χ1v) is 5.97. The Bertz CT molecular complexity index is 244. The van der Waals surface area contributed by atoms with E-state index in [2.05, 4.69) is 11.8 Å². The number of hydrogen-bond acceptors (Lipinski definition) is 4. The molecular weight excluding hydrogens is 206 g/mol. The maximum absolute atomic E-state index is 11.5. The zero-order valence-corrected chi connectivity index (χ0v) is 10.6. The number of ether oxygens (including phenoxy) is 1. The summed E-state index contributed by atoms with van der Waals surface area (Å²) in [6.07, 6.45) is 1.09. The molecule has 0 amide bonds. The zero-order valence-electron chi connectivity index (χ0n) is 10.6. The van der Waals surface area contributed by atoms with E-state index in [1.54, 1.807) is 0 Å². The predicted molar refractivity (Wildman–Crippen MR) is 62.0 cm³/mol. The Kier molecular flexibility index (Phi) is 4.74. The van der Waals surface area contributed by atoms with Gasteiger partial charge in [0.1, 0.15) is 0 Å². The number of carbonyl (C=O) groups is 1. The minimum atomic E-state index is -0.177. The van der Waals surface area contributed by atoms with Crippen LogP contribution in [0.25, 0.3) is 0 Å². The Morgan fingerprint density at radius 3 is 2.69 bits per heavy atom. The van der Waals surface area contributed by atoms with Crippen LogP contribution in [-0.4, -0.2) is 48.3 Å². The highest BCUT2D eigenvalue weighted by Crippen LogP contribution is 2.28. The largest absolute Gasteiger partial charge is 0.469 e. The van der Waals surface area contributed by atoms with E-state index < -0.39 is 0 Å². The fourth-order valence-corrected chi connectivity index (χ4v) is 2.50. The minimum absolute atomic E-state index is 0.120. The molecule has 4 unspecified atom stereocenters. The number of hydrogen-bond donors (Lipinski definition) is 1. The minimum Gasteiger partial charge on any atom is -0.469 e. The van der Waals surface area contributed by atoms with Gasteiger partial charge in [-0.2, -0.15) is 0 Å². The SMILES string of the molecule is COC(=O)C(C)C(C)N1CCC(C)C1CO. The van der Waals surface area contributed by atoms with Gasteiger partial charge in [0.15, 0.2) is 0 Å². The van der Waals surface area contributed by atoms with Crippen molar-refractivity contribution in [1.82, 2.24) is 4.90 Å². The predicted octanol–water partition coefficient (Wildman–Crippen LogP) is 0.887. The number of aliphatic hydroxyl groups excluding tert-OH is 1. The zero-order chi connectivity index (χ0) is 12.3. The molecule has 0 spiro atoms. The molecule has 1 aliphatic heterocycles. The third-order valence-electron chi connectivity index (χ3n) is 3.93. The van der Waals surface area contributed by atoms with Crippen molar-refractivity contribution in [3.63, 3.8) is 0 Å². The molecule has 4 atom stereocenters. The van der Waals surface area contributed by atoms with Gasteiger partial charge >= 0.3 is 5.97 Å². The van der Waals surface area contributed by atoms with Crippen LogP contribution >= 0.6 is 0 Å². The molecule has 1 heterocycles. The van der Waals surface area contributed by atoms with Crippen LogP contribution in [0.1, 0.15) is 27.2 Å². The maximum Gasteiger partial charge on any atom is 0.309 e. The second-order valence-electron chi connectivity index (χ2n) is 4.81. The monoisotopic (exact) mass is 229 g/mol. The molecule has 0 aromatic heterocycles. The molecule has 1 saturated heterocycles. The lowest BCUT2D eigenvalue weighted by Crippen LogP contribution is -2.46. The molecule has 0 bridgehead atoms. The molecule has 0 radical (unpaired) electrons. The van der Waals surface area contributed by atoms with Crippen LogP contribution in [0.15, 0.2) is 0 Å². The Labute approximate surface area is 97.6 Å². The van der Waals surface area contributed by atoms with Gasteiger partial charge in [0, 0.05) is 12.1 Å². The van der Waals surface area contributed by atoms with Crippen molar-refractivity contribution in [2.45, 2.75) is 39.3 Å². The fourth-order valence-electron chi connectivity index (χ4n) is 2.50. The number of esters is 1. The number of carbonyl (C=O) groups excluding carboxylic acids is 1. The molecule has 0 saturated carbocycles. The van der Waals surface area contributed by atoms with Gasteiger partial charge in [-0.25, -0.2) is 0 Å². The standard InChI is InChI=1S/C12H23NO3/c1-8-5-6-13(11(8)7-14)10(3)9(2)12(15)16-4/h8-11,14H,5-7H2,1-4H3. The van der Waals surface area contributed by atoms with Gasteiger partial charge in [0.2, 0.25) is 0 Å². The molecule has 16 heavy (non-hydrogen) atoms. The number of nitrogens with zero attached hydrogens (tertiary/aromatic N) is 1. The summed E-state index contributed by atoms with van der Waals surface area (Å²) in [5, 5.41) is 9.38. The van der Waals surface area contributed by atoms with Crippen LogP contribution in [0.5, 0.6) is 0 Å². The molecular formula is C12H23NO3. The number of aliphatic hydroxyl groups is 1. The summed E-state index contributed by atoms with van der Waals surface area (Å²) in [7, 11) is 1.42. The van der Waals surface area contributed by atoms with Crippen LogP contribution in [0.2, 0.25) is 0 Å². The summed E-state index contributed by atoms with van der Waals surface area (Å²) in [6.45, 7) is 7.18. The van der Waals surface area contributed by atoms with Gasteiger partial charge in [0.05, 0.1) is 19.6 Å². The molecule has 1 aliphatic rings. The molecule has 0 aromatic carbocycles. The van der Waals surface area contributed by atoms with E-state index in [1.165, 1.54) is 7.11 Å². The number of methoxy groups -OCH3 is 1. The highest BCUT2D eigenvalue weighted by atomic mass is 16.5. The van der Waals surface area contributed by atoms with Crippen LogP contribution in [-0.2, 0) is 9.53 Å². The quantitative estimate of drug-likeness (QED) is 0.727. The topological polar surface area (TPSA) is 49.8 Å². The van der Waals surface area contributed by atoms with Crippen LogP contribution in [0.3, 0.4) is 0 Å². The third-order valence-corrected chi connectivity index (χ3v) is 3.93. The van der Waals surface area contributed by atoms with Gasteiger partial charge in [-0.15, -0.1) is 0 Å². The lowest BCUT2D eigenvalue weighted by Gasteiger charge is -2.33. The van der Waals surface area contributed by atoms with Gasteiger partial charge in [-0.05, 0) is 25.8 Å². The van der Waals surface area contributed by atoms with Gasteiger partial charge in [0.25, 0.3) is 0 Å². The summed E-state index contributed by atoms with van der Waals surface area (Å²) < 4.78 is 4.76. The summed E-state index contributed by atoms with van der Waals surface area (Å²) in [5.41, 5.74) is 0. The van der Waals surface area contributed by atoms with Crippen LogP contribution in [0.4, 0.5) is 0 Å². The van der Waals surface area contributed by atoms with E-state index in [-0.39, 0.29) is 30.6 Å². The van der Waals surface area contributed by atoms with Crippen molar-refractivity contribution in [1.29, 1.82) is 0 Å². The van der Waals surface area contributed by atoms with E-state index in [1.807, 2.05) is 13.8 Å². The normalized spacial score (nSPS) is 30.1. The maximum atomic E-state index is 11.5. The molecule has 1 fully saturated rings. The number of rotatable bonds is 4. The smallest absolute Gasteiger partial charge is 0.309 e. The molecule has 4 heteroatoms. The third kappa shape index (κ3) is 2.55. The summed E-state index contributed by atoms with van der Waals surface area (Å²) in [6, 6.07) is 0.302. The first kappa shape index (κ1) is 13.5. The average Bonchev–Trinajstić information content (AvgIpc) is 2.67. The molecule has 1 rings (SSSR count). The van der Waals surface area contributed by atoms with Gasteiger partial charge in [-0.1, -0.05) is 13.8 Å². The average molecular weight is 229 g/mol. The van der Waals surface area contributed by atoms with Crippen LogP contribution in [0, 0.1) is 11.8 Å². The van der Waals surface area contributed by atoms with Crippen molar-refractivity contribution in [2.24, 2.45) is 11.8 Å². The first-order valence-electron chi connectivity index (χ1n) is 5.97. The summed E-state index contributed by atoms with van der Waals surface area (Å²) >= 11 is 0. The summed E-state index contributed by atoms with van der Waals surface area (Å²) in [4.78, 5) is 13.7. The van der Waals surface area contributed by atoms with E-state index in [9.17, 15) is 9.90 Å². The van der Waals surface area contributed by atoms with E-state index in [0.717, 1.165) is 13.0 Å². The Hall–Kier alpha value is -0.610. The van der Waals surface area contributed by atoms with Crippen molar-refractivity contribution >= 4 is 5.97 Å². The van der Waals surface area contributed by atoms with Crippen molar-refractivity contribution in [2.75, 3.05) is 20.3 Å². The van der Waals surface area contributed by atoms with Gasteiger partial charge in [-0.3, -0.25) is 9.69 Å². The Balaban J connectivity index is 2.66. The van der Waals surface area contributed by atoms with Crippen molar-refractivity contribution in [3.8, 4) is 0 Å². The molecule has 94 valence electrons. The highest BCUT2D eigenvalue weighted by molar-refractivity contribution is 5.72. The Morgan fingerprint density at radius 1 is 1.56 bits per heavy atom. The fraction of sp³-hybridized carbons (Fsp3) is 0.917. The highest BCUT2D eigenvalue weighted by Gasteiger charge is 2.37. The van der Waals surface area contributed by atoms with E-state index in [4.69, 9.17) is 4.74 Å². The van der Waals surface area contributed by atoms with E-state index in [0.29, 0.717) is 5.92 Å². The second kappa shape index (κ2) is 5.64. The molecule has 0 aliphatic carbocycles. The van der Waals surface area contributed by atoms with E-state index >= 15 is 0 Å². The second-order valence-corrected chi connectivity index (χ2v) is 4.81. The van der Waals surface area contributed by atoms with Crippen molar-refractivity contribution < 1.29 is 14.6 Å². The molecule has 0 aromatic rings. The molecule has 4 nitrogen and oxygen atoms in total. The summed E-state index contributed by atoms with van der Waals surface area (Å²) in [5.74, 6) is 0.172. The first-order chi connectivity index (χ1) is 7.52. The van der Waals surface area contributed by atoms with Gasteiger partial charge < -0.3 is 9.84 Å². The molecule has 1 N–H and O–H groups in total. The number of likely N-dealkylation sites (tertiary alicyclic amines) is 1.